The van der Waals surface area contributed by atoms with Gasteiger partial charge in [0.1, 0.15) is 0 Å². The molecule has 0 saturated heterocycles. The van der Waals surface area contributed by atoms with Crippen molar-refractivity contribution in [3.63, 3.8) is 0 Å². The van der Waals surface area contributed by atoms with Gasteiger partial charge < -0.3 is 14.2 Å². The van der Waals surface area contributed by atoms with Crippen LogP contribution in [-0.4, -0.2) is 21.1 Å². The Balaban J connectivity index is 2.00. The zero-order valence-electron chi connectivity index (χ0n) is 15.6. The van der Waals surface area contributed by atoms with Crippen LogP contribution < -0.4 is 4.74 Å². The highest BCUT2D eigenvalue weighted by atomic mass is 16.7. The average Bonchev–Trinajstić information content (AvgIpc) is 2.86. The number of hydrogen-bond acceptors (Lipinski definition) is 8. The number of nitrogens with zero attached hydrogens (tertiary/aromatic N) is 3. The van der Waals surface area contributed by atoms with Gasteiger partial charge in [-0.3, -0.25) is 25.2 Å². The van der Waals surface area contributed by atoms with Crippen molar-refractivity contribution < 1.29 is 24.1 Å². The van der Waals surface area contributed by atoms with Crippen LogP contribution in [-0.2, 0) is 22.7 Å². The molecular weight excluding hydrogens is 370 g/mol. The molecule has 2 aromatic rings. The first-order valence-electron chi connectivity index (χ1n) is 8.59. The number of pyridine rings is 1. The van der Waals surface area contributed by atoms with Crippen LogP contribution in [0.15, 0.2) is 24.4 Å². The van der Waals surface area contributed by atoms with Crippen molar-refractivity contribution in [2.75, 3.05) is 0 Å². The standard InChI is InChI=1S/C18H19N3O7/c1-10(2)18-26-8-12-7-19-11(3)17(14(12)9-27-18)28-16-5-4-13(20(22)23)6-15(16)21(24)25/h4-7,10,18H,8-9H2,1-3H3. The molecule has 0 spiro atoms. The van der Waals surface area contributed by atoms with Gasteiger partial charge >= 0.3 is 5.69 Å². The normalized spacial score (nSPS) is 16.4. The minimum atomic E-state index is -0.721. The molecule has 1 aliphatic rings. The van der Waals surface area contributed by atoms with E-state index in [1.807, 2.05) is 13.8 Å². The lowest BCUT2D eigenvalue weighted by Crippen LogP contribution is -2.21. The molecule has 148 valence electrons. The van der Waals surface area contributed by atoms with Crippen LogP contribution in [0.25, 0.3) is 0 Å². The van der Waals surface area contributed by atoms with E-state index >= 15 is 0 Å². The maximum Gasteiger partial charge on any atom is 0.318 e. The second-order valence-electron chi connectivity index (χ2n) is 6.68. The molecule has 10 nitrogen and oxygen atoms in total. The maximum absolute atomic E-state index is 11.4. The Morgan fingerprint density at radius 2 is 1.89 bits per heavy atom. The zero-order chi connectivity index (χ0) is 20.4. The fourth-order valence-corrected chi connectivity index (χ4v) is 2.82. The first-order chi connectivity index (χ1) is 13.3. The summed E-state index contributed by atoms with van der Waals surface area (Å²) >= 11 is 0. The van der Waals surface area contributed by atoms with E-state index < -0.39 is 27.5 Å². The van der Waals surface area contributed by atoms with Crippen molar-refractivity contribution in [3.05, 3.63) is 61.4 Å². The molecule has 1 atom stereocenters. The summed E-state index contributed by atoms with van der Waals surface area (Å²) in [6, 6.07) is 3.23. The predicted octanol–water partition coefficient (Wildman–Crippen LogP) is 4.03. The molecule has 0 aliphatic carbocycles. The summed E-state index contributed by atoms with van der Waals surface area (Å²) in [5.74, 6) is 0.352. The molecule has 0 N–H and O–H groups in total. The molecule has 0 fully saturated rings. The van der Waals surface area contributed by atoms with Gasteiger partial charge in [0.25, 0.3) is 5.69 Å². The first kappa shape index (κ1) is 19.6. The predicted molar refractivity (Wildman–Crippen MR) is 97.0 cm³/mol. The van der Waals surface area contributed by atoms with E-state index in [1.165, 1.54) is 6.07 Å². The van der Waals surface area contributed by atoms with Crippen molar-refractivity contribution in [2.45, 2.75) is 40.3 Å². The van der Waals surface area contributed by atoms with Gasteiger partial charge in [0.15, 0.2) is 12.0 Å². The molecule has 0 saturated carbocycles. The number of benzene rings is 1. The average molecular weight is 389 g/mol. The fraction of sp³-hybridized carbons (Fsp3) is 0.389. The number of ether oxygens (including phenoxy) is 3. The molecule has 3 rings (SSSR count). The molecule has 0 amide bonds. The highest BCUT2D eigenvalue weighted by molar-refractivity contribution is 5.56. The van der Waals surface area contributed by atoms with Crippen LogP contribution in [0, 0.1) is 33.1 Å². The second-order valence-corrected chi connectivity index (χ2v) is 6.68. The van der Waals surface area contributed by atoms with E-state index in [9.17, 15) is 20.2 Å². The number of nitro benzene ring substituents is 2. The van der Waals surface area contributed by atoms with Gasteiger partial charge in [-0.25, -0.2) is 0 Å². The molecule has 1 unspecified atom stereocenters. The SMILES string of the molecule is Cc1ncc2c(c1Oc1ccc([N+](=O)[O-])cc1[N+](=O)[O-])COC(C(C)C)OC2. The van der Waals surface area contributed by atoms with E-state index in [4.69, 9.17) is 14.2 Å². The van der Waals surface area contributed by atoms with Crippen LogP contribution in [0.5, 0.6) is 11.5 Å². The van der Waals surface area contributed by atoms with Crippen molar-refractivity contribution in [2.24, 2.45) is 5.92 Å². The summed E-state index contributed by atoms with van der Waals surface area (Å²) in [6.07, 6.45) is 1.27. The molecule has 0 bridgehead atoms. The summed E-state index contributed by atoms with van der Waals surface area (Å²) < 4.78 is 17.4. The number of fused-ring (bicyclic) bond motifs is 1. The van der Waals surface area contributed by atoms with E-state index in [0.29, 0.717) is 17.0 Å². The van der Waals surface area contributed by atoms with E-state index in [0.717, 1.165) is 17.7 Å². The van der Waals surface area contributed by atoms with Gasteiger partial charge in [0.05, 0.1) is 34.8 Å². The number of rotatable bonds is 5. The summed E-state index contributed by atoms with van der Waals surface area (Å²) in [5.41, 5.74) is 1.06. The first-order valence-corrected chi connectivity index (χ1v) is 8.59. The largest absolute Gasteiger partial charge is 0.448 e. The Bertz CT molecular complexity index is 930. The number of hydrogen-bond donors (Lipinski definition) is 0. The summed E-state index contributed by atoms with van der Waals surface area (Å²) in [4.78, 5) is 25.2. The Morgan fingerprint density at radius 1 is 1.18 bits per heavy atom. The Hall–Kier alpha value is -3.11. The fourth-order valence-electron chi connectivity index (χ4n) is 2.82. The van der Waals surface area contributed by atoms with E-state index in [2.05, 4.69) is 4.98 Å². The second kappa shape index (κ2) is 7.87. The van der Waals surface area contributed by atoms with E-state index in [-0.39, 0.29) is 24.9 Å². The van der Waals surface area contributed by atoms with Crippen LogP contribution in [0.4, 0.5) is 11.4 Å². The molecule has 0 radical (unpaired) electrons. The van der Waals surface area contributed by atoms with Gasteiger partial charge in [0, 0.05) is 29.3 Å². The highest BCUT2D eigenvalue weighted by Gasteiger charge is 2.26. The van der Waals surface area contributed by atoms with Crippen molar-refractivity contribution >= 4 is 11.4 Å². The van der Waals surface area contributed by atoms with Crippen LogP contribution >= 0.6 is 0 Å². The Labute approximate surface area is 160 Å². The molecule has 1 aromatic carbocycles. The summed E-state index contributed by atoms with van der Waals surface area (Å²) in [6.45, 7) is 6.12. The quantitative estimate of drug-likeness (QED) is 0.554. The van der Waals surface area contributed by atoms with Crippen molar-refractivity contribution in [1.29, 1.82) is 0 Å². The number of nitro groups is 2. The highest BCUT2D eigenvalue weighted by Crippen LogP contribution is 2.38. The van der Waals surface area contributed by atoms with Crippen LogP contribution in [0.1, 0.15) is 30.7 Å². The minimum absolute atomic E-state index is 0.112. The Kier molecular flexibility index (Phi) is 5.52. The Morgan fingerprint density at radius 3 is 2.54 bits per heavy atom. The topological polar surface area (TPSA) is 127 Å². The molecule has 1 aliphatic heterocycles. The van der Waals surface area contributed by atoms with Gasteiger partial charge in [-0.1, -0.05) is 13.8 Å². The van der Waals surface area contributed by atoms with Gasteiger partial charge in [-0.05, 0) is 13.0 Å². The van der Waals surface area contributed by atoms with Crippen molar-refractivity contribution in [3.8, 4) is 11.5 Å². The molecule has 28 heavy (non-hydrogen) atoms. The van der Waals surface area contributed by atoms with Gasteiger partial charge in [0.2, 0.25) is 5.75 Å². The third kappa shape index (κ3) is 3.92. The van der Waals surface area contributed by atoms with E-state index in [1.54, 1.807) is 13.1 Å². The molecule has 1 aromatic heterocycles. The van der Waals surface area contributed by atoms with Crippen LogP contribution in [0.2, 0.25) is 0 Å². The van der Waals surface area contributed by atoms with Gasteiger partial charge in [-0.2, -0.15) is 0 Å². The summed E-state index contributed by atoms with van der Waals surface area (Å²) in [5, 5.41) is 22.3. The van der Waals surface area contributed by atoms with Crippen molar-refractivity contribution in [1.82, 2.24) is 4.98 Å². The molecule has 10 heteroatoms. The monoisotopic (exact) mass is 389 g/mol. The zero-order valence-corrected chi connectivity index (χ0v) is 15.6. The lowest BCUT2D eigenvalue weighted by molar-refractivity contribution is -0.394. The lowest BCUT2D eigenvalue weighted by Gasteiger charge is -2.18. The third-order valence-corrected chi connectivity index (χ3v) is 4.31. The number of aromatic nitrogens is 1. The van der Waals surface area contributed by atoms with Gasteiger partial charge in [-0.15, -0.1) is 0 Å². The maximum atomic E-state index is 11.4. The third-order valence-electron chi connectivity index (χ3n) is 4.31. The molecule has 2 heterocycles. The number of aryl methyl sites for hydroxylation is 1. The number of non-ortho nitro benzene ring substituents is 1. The molecular formula is C18H19N3O7. The van der Waals surface area contributed by atoms with Crippen LogP contribution in [0.3, 0.4) is 0 Å². The lowest BCUT2D eigenvalue weighted by atomic mass is 10.1. The minimum Gasteiger partial charge on any atom is -0.448 e. The smallest absolute Gasteiger partial charge is 0.318 e. The summed E-state index contributed by atoms with van der Waals surface area (Å²) in [7, 11) is 0.